The summed E-state index contributed by atoms with van der Waals surface area (Å²) in [6.45, 7) is 7.31. The fraction of sp³-hybridized carbons (Fsp3) is 0.407. The van der Waals surface area contributed by atoms with E-state index in [2.05, 4.69) is 9.67 Å². The highest BCUT2D eigenvalue weighted by atomic mass is 32.1. The number of hydrogen-bond donors (Lipinski definition) is 0. The van der Waals surface area contributed by atoms with Crippen LogP contribution in [-0.4, -0.2) is 44.3 Å². The zero-order chi connectivity index (χ0) is 26.6. The third-order valence-corrected chi connectivity index (χ3v) is 8.10. The number of anilines is 1. The van der Waals surface area contributed by atoms with Gasteiger partial charge in [0, 0.05) is 24.8 Å². The van der Waals surface area contributed by atoms with Gasteiger partial charge in [-0.2, -0.15) is 9.67 Å². The van der Waals surface area contributed by atoms with Crippen LogP contribution in [0.3, 0.4) is 0 Å². The number of fused-ring (bicyclic) bond motifs is 2. The molecule has 0 N–H and O–H groups in total. The van der Waals surface area contributed by atoms with Crippen molar-refractivity contribution in [2.45, 2.75) is 58.3 Å². The largest absolute Gasteiger partial charge is 0.444 e. The number of nitrogens with zero attached hydrogens (tertiary/aromatic N) is 6. The first-order valence-corrected chi connectivity index (χ1v) is 13.5. The zero-order valence-corrected chi connectivity index (χ0v) is 22.3. The smallest absolute Gasteiger partial charge is 0.415 e. The van der Waals surface area contributed by atoms with Crippen molar-refractivity contribution in [3.63, 3.8) is 0 Å². The van der Waals surface area contributed by atoms with Crippen molar-refractivity contribution in [3.05, 3.63) is 65.1 Å². The van der Waals surface area contributed by atoms with Gasteiger partial charge in [-0.25, -0.2) is 23.1 Å². The van der Waals surface area contributed by atoms with E-state index in [-0.39, 0.29) is 12.1 Å². The highest BCUT2D eigenvalue weighted by Gasteiger charge is 2.33. The topological polar surface area (TPSA) is 66.9 Å². The average molecular weight is 540 g/mol. The van der Waals surface area contributed by atoms with Crippen LogP contribution < -0.4 is 9.47 Å². The molecular formula is C27H29F2N6O2S+. The molecule has 38 heavy (non-hydrogen) atoms. The number of amides is 1. The van der Waals surface area contributed by atoms with Crippen molar-refractivity contribution < 1.29 is 22.9 Å². The number of carbonyl (C=O) groups excluding carboxylic acids is 1. The second-order valence-corrected chi connectivity index (χ2v) is 11.8. The van der Waals surface area contributed by atoms with Gasteiger partial charge in [0.1, 0.15) is 27.9 Å². The average Bonchev–Trinajstić information content (AvgIpc) is 3.61. The maximum atomic E-state index is 14.6. The number of rotatable bonds is 3. The van der Waals surface area contributed by atoms with Gasteiger partial charge in [0.25, 0.3) is 0 Å². The Bertz CT molecular complexity index is 1530. The van der Waals surface area contributed by atoms with Crippen LogP contribution >= 0.6 is 11.3 Å². The molecule has 11 heteroatoms. The third kappa shape index (κ3) is 4.59. The van der Waals surface area contributed by atoms with Crippen molar-refractivity contribution in [3.8, 4) is 10.4 Å². The Morgan fingerprint density at radius 3 is 2.87 bits per heavy atom. The van der Waals surface area contributed by atoms with Gasteiger partial charge in [-0.15, -0.1) is 0 Å². The molecule has 1 amide bonds. The maximum absolute atomic E-state index is 14.6. The molecule has 3 aromatic heterocycles. The van der Waals surface area contributed by atoms with Crippen molar-refractivity contribution in [2.75, 3.05) is 18.0 Å². The Labute approximate surface area is 223 Å². The van der Waals surface area contributed by atoms with Crippen LogP contribution in [0.4, 0.5) is 19.4 Å². The summed E-state index contributed by atoms with van der Waals surface area (Å²) in [6.07, 6.45) is 7.68. The Morgan fingerprint density at radius 1 is 1.21 bits per heavy atom. The van der Waals surface area contributed by atoms with E-state index in [1.807, 2.05) is 44.1 Å². The number of halogens is 2. The number of aromatic nitrogens is 4. The molecule has 0 bridgehead atoms. The van der Waals surface area contributed by atoms with Gasteiger partial charge < -0.3 is 9.64 Å². The first kappa shape index (κ1) is 24.7. The first-order valence-electron chi connectivity index (χ1n) is 12.7. The fourth-order valence-corrected chi connectivity index (χ4v) is 6.26. The lowest BCUT2D eigenvalue weighted by Crippen LogP contribution is -2.53. The summed E-state index contributed by atoms with van der Waals surface area (Å²) < 4.78 is 37.9. The molecule has 1 atom stereocenters. The lowest BCUT2D eigenvalue weighted by Gasteiger charge is -2.26. The minimum atomic E-state index is -0.545. The van der Waals surface area contributed by atoms with Crippen LogP contribution in [-0.2, 0) is 17.8 Å². The molecule has 5 heterocycles. The van der Waals surface area contributed by atoms with Crippen molar-refractivity contribution in [1.82, 2.24) is 19.5 Å². The van der Waals surface area contributed by atoms with E-state index in [1.165, 1.54) is 12.1 Å². The Balaban J connectivity index is 1.29. The summed E-state index contributed by atoms with van der Waals surface area (Å²) in [6, 6.07) is 5.20. The maximum Gasteiger partial charge on any atom is 0.415 e. The number of ether oxygens (including phenoxy) is 1. The van der Waals surface area contributed by atoms with Gasteiger partial charge in [0.2, 0.25) is 11.7 Å². The first-order chi connectivity index (χ1) is 18.2. The fourth-order valence-electron chi connectivity index (χ4n) is 5.15. The minimum Gasteiger partial charge on any atom is -0.444 e. The quantitative estimate of drug-likeness (QED) is 0.339. The minimum absolute atomic E-state index is 0.282. The van der Waals surface area contributed by atoms with E-state index in [1.54, 1.807) is 26.9 Å². The third-order valence-electron chi connectivity index (χ3n) is 6.88. The highest BCUT2D eigenvalue weighted by Crippen LogP contribution is 2.38. The molecule has 0 saturated carbocycles. The van der Waals surface area contributed by atoms with Gasteiger partial charge >= 0.3 is 6.09 Å². The van der Waals surface area contributed by atoms with Crippen LogP contribution in [0.5, 0.6) is 0 Å². The van der Waals surface area contributed by atoms with E-state index in [0.717, 1.165) is 40.8 Å². The lowest BCUT2D eigenvalue weighted by atomic mass is 10.0. The SMILES string of the molecule is CC(C)(C)OC(=O)N1CCc2sc(-c3cnn4ccc(N5CCC[C@@H]5c5cc(F)ccc5F)nc34)c[n+]2C1. The van der Waals surface area contributed by atoms with E-state index < -0.39 is 17.2 Å². The number of thiazole rings is 1. The number of carbonyl (C=O) groups is 1. The van der Waals surface area contributed by atoms with Crippen LogP contribution in [0.15, 0.2) is 42.9 Å². The van der Waals surface area contributed by atoms with Crippen LogP contribution in [0.2, 0.25) is 0 Å². The molecule has 198 valence electrons. The second-order valence-electron chi connectivity index (χ2n) is 10.7. The zero-order valence-electron chi connectivity index (χ0n) is 21.5. The molecule has 2 aliphatic heterocycles. The molecular weight excluding hydrogens is 510 g/mol. The lowest BCUT2D eigenvalue weighted by molar-refractivity contribution is -0.720. The normalized spacial score (nSPS) is 17.8. The standard InChI is InChI=1S/C27H29F2N6O2S/c1-27(2,3)37-26(36)32-11-9-24-33(16-32)15-22(38-24)19-14-30-35-12-8-23(31-25(19)35)34-10-4-5-21(34)18-13-17(28)6-7-20(18)29/h6-8,12-15,21H,4-5,9-11,16H2,1-3H3/q+1/t21-/m1/s1. The Morgan fingerprint density at radius 2 is 2.05 bits per heavy atom. The summed E-state index contributed by atoms with van der Waals surface area (Å²) >= 11 is 1.66. The van der Waals surface area contributed by atoms with E-state index in [0.29, 0.717) is 36.8 Å². The van der Waals surface area contributed by atoms with Crippen molar-refractivity contribution >= 4 is 28.9 Å². The van der Waals surface area contributed by atoms with Crippen LogP contribution in [0, 0.1) is 11.6 Å². The van der Waals surface area contributed by atoms with Crippen LogP contribution in [0.1, 0.15) is 50.2 Å². The molecule has 0 unspecified atom stereocenters. The van der Waals surface area contributed by atoms with Gasteiger partial charge in [-0.05, 0) is 57.9 Å². The molecule has 1 aromatic carbocycles. The number of benzene rings is 1. The molecule has 2 aliphatic rings. The van der Waals surface area contributed by atoms with E-state index in [4.69, 9.17) is 9.72 Å². The molecule has 4 aromatic rings. The van der Waals surface area contributed by atoms with Crippen LogP contribution in [0.25, 0.3) is 16.1 Å². The number of hydrogen-bond acceptors (Lipinski definition) is 6. The molecule has 1 saturated heterocycles. The molecule has 0 spiro atoms. The Hall–Kier alpha value is -3.60. The Kier molecular flexibility index (Phi) is 6.05. The monoisotopic (exact) mass is 539 g/mol. The van der Waals surface area contributed by atoms with Gasteiger partial charge in [-0.3, -0.25) is 4.90 Å². The predicted octanol–water partition coefficient (Wildman–Crippen LogP) is 5.12. The summed E-state index contributed by atoms with van der Waals surface area (Å²) in [5.41, 5.74) is 1.39. The van der Waals surface area contributed by atoms with Crippen molar-refractivity contribution in [1.29, 1.82) is 0 Å². The summed E-state index contributed by atoms with van der Waals surface area (Å²) in [5, 5.41) is 5.66. The summed E-state index contributed by atoms with van der Waals surface area (Å²) in [7, 11) is 0. The predicted molar refractivity (Wildman–Crippen MR) is 139 cm³/mol. The van der Waals surface area contributed by atoms with Gasteiger partial charge in [0.15, 0.2) is 11.8 Å². The highest BCUT2D eigenvalue weighted by molar-refractivity contribution is 7.14. The summed E-state index contributed by atoms with van der Waals surface area (Å²) in [4.78, 5) is 22.3. The summed E-state index contributed by atoms with van der Waals surface area (Å²) in [5.74, 6) is -0.148. The van der Waals surface area contributed by atoms with Gasteiger partial charge in [-0.1, -0.05) is 11.3 Å². The van der Waals surface area contributed by atoms with E-state index in [9.17, 15) is 13.6 Å². The molecule has 6 rings (SSSR count). The van der Waals surface area contributed by atoms with Gasteiger partial charge in [0.05, 0.1) is 24.2 Å². The van der Waals surface area contributed by atoms with E-state index >= 15 is 0 Å². The second kappa shape index (κ2) is 9.30. The molecule has 0 radical (unpaired) electrons. The molecule has 8 nitrogen and oxygen atoms in total. The molecule has 0 aliphatic carbocycles. The molecule has 1 fully saturated rings. The van der Waals surface area contributed by atoms with Crippen molar-refractivity contribution in [2.24, 2.45) is 0 Å².